The minimum atomic E-state index is 0. The molecule has 0 saturated heterocycles. The first-order valence-corrected chi connectivity index (χ1v) is 0. The summed E-state index contributed by atoms with van der Waals surface area (Å²) in [5, 5.41) is 0. The van der Waals surface area contributed by atoms with Crippen LogP contribution in [0.5, 0.6) is 0 Å². The summed E-state index contributed by atoms with van der Waals surface area (Å²) in [6, 6.07) is 0. The van der Waals surface area contributed by atoms with E-state index in [0.29, 0.717) is 0 Å². The Morgan fingerprint density at radius 1 is 1.00 bits per heavy atom. The predicted octanol–water partition coefficient (Wildman–Crippen LogP) is -1.51. The van der Waals surface area contributed by atoms with Crippen LogP contribution in [-0.4, -0.2) is 52.6 Å². The van der Waals surface area contributed by atoms with Gasteiger partial charge in [-0.25, -0.2) is 0 Å². The molecule has 0 heterocycles. The first-order valence-electron chi connectivity index (χ1n) is 0. The first-order chi connectivity index (χ1) is 0. The van der Waals surface area contributed by atoms with Crippen molar-refractivity contribution in [3.8, 4) is 0 Å². The fourth-order valence-electron chi connectivity index (χ4n) is 0. The molecule has 0 aromatic carbocycles. The molecule has 4 heavy (non-hydrogen) atoms. The summed E-state index contributed by atoms with van der Waals surface area (Å²) in [4.78, 5) is 0. The van der Waals surface area contributed by atoms with Crippen LogP contribution in [0.2, 0.25) is 0 Å². The molecular weight excluding hydrogens is 134 g/mol. The van der Waals surface area contributed by atoms with Gasteiger partial charge in [0.1, 0.15) is 0 Å². The van der Waals surface area contributed by atoms with Gasteiger partial charge in [-0.1, -0.05) is 0 Å². The maximum absolute atomic E-state index is 0. The quantitative estimate of drug-likeness (QED) is 0.283. The standard InChI is InChI=1S/Fe.Mg.Na.H3P.3H/h;;;1H3;;;. The number of rotatable bonds is 0. The molecule has 0 aromatic heterocycles. The van der Waals surface area contributed by atoms with Gasteiger partial charge in [-0.05, 0) is 0 Å². The Morgan fingerprint density at radius 3 is 1.00 bits per heavy atom. The molecule has 4 heteroatoms. The summed E-state index contributed by atoms with van der Waals surface area (Å²) < 4.78 is 0. The Hall–Kier alpha value is 2.72. The van der Waals surface area contributed by atoms with Crippen LogP contribution in [0.1, 0.15) is 0 Å². The summed E-state index contributed by atoms with van der Waals surface area (Å²) >= 11 is 0. The summed E-state index contributed by atoms with van der Waals surface area (Å²) in [7, 11) is 0. The Kier molecular flexibility index (Phi) is 128. The molecule has 0 amide bonds. The van der Waals surface area contributed by atoms with Gasteiger partial charge >= 0.3 is 52.6 Å². The Labute approximate surface area is 78.4 Å². The maximum atomic E-state index is 0. The monoisotopic (exact) mass is 140 g/mol. The molecule has 0 rings (SSSR count). The van der Waals surface area contributed by atoms with E-state index < -0.39 is 0 Å². The molecule has 0 bridgehead atoms. The van der Waals surface area contributed by atoms with Crippen LogP contribution in [0.3, 0.4) is 0 Å². The van der Waals surface area contributed by atoms with E-state index in [4.69, 9.17) is 0 Å². The zero-order valence-electron chi connectivity index (χ0n) is 1.06. The van der Waals surface area contributed by atoms with Crippen LogP contribution in [0, 0.1) is 0 Å². The van der Waals surface area contributed by atoms with Crippen molar-refractivity contribution in [2.75, 3.05) is 0 Å². The second-order valence-electron chi connectivity index (χ2n) is 0. The van der Waals surface area contributed by atoms with Crippen LogP contribution < -0.4 is 0 Å². The van der Waals surface area contributed by atoms with Crippen LogP contribution in [-0.2, 0) is 17.1 Å². The van der Waals surface area contributed by atoms with Gasteiger partial charge in [-0.15, -0.1) is 0 Å². The van der Waals surface area contributed by atoms with E-state index in [2.05, 4.69) is 0 Å². The summed E-state index contributed by atoms with van der Waals surface area (Å²) in [6.45, 7) is 0. The molecule has 1 atom stereocenters. The van der Waals surface area contributed by atoms with Gasteiger partial charge in [0.25, 0.3) is 0 Å². The number of hydrogen-bond donors (Lipinski definition) is 0. The van der Waals surface area contributed by atoms with Crippen molar-refractivity contribution < 1.29 is 17.1 Å². The normalized spacial score (nSPS) is 0. The molecule has 0 radical (unpaired) electrons. The molecule has 0 aliphatic rings. The van der Waals surface area contributed by atoms with Crippen molar-refractivity contribution in [3.63, 3.8) is 0 Å². The zero-order valence-corrected chi connectivity index (χ0v) is 3.58. The SMILES string of the molecule is P.[Fe].[MgH2].[NaH]. The van der Waals surface area contributed by atoms with Crippen LogP contribution in [0.15, 0.2) is 0 Å². The Balaban J connectivity index is 0. The third kappa shape index (κ3) is 8.83. The van der Waals surface area contributed by atoms with E-state index in [1.54, 1.807) is 0 Å². The number of hydrogen-bond acceptors (Lipinski definition) is 0. The van der Waals surface area contributed by atoms with Gasteiger partial charge in [0, 0.05) is 17.1 Å². The van der Waals surface area contributed by atoms with Crippen LogP contribution in [0.25, 0.3) is 0 Å². The van der Waals surface area contributed by atoms with Gasteiger partial charge in [0.05, 0.1) is 0 Å². The van der Waals surface area contributed by atoms with Crippen molar-refractivity contribution >= 4 is 62.5 Å². The van der Waals surface area contributed by atoms with Gasteiger partial charge < -0.3 is 0 Å². The van der Waals surface area contributed by atoms with E-state index >= 15 is 0 Å². The van der Waals surface area contributed by atoms with Crippen molar-refractivity contribution in [3.05, 3.63) is 0 Å². The first kappa shape index (κ1) is 29.7. The topological polar surface area (TPSA) is 0 Å². The van der Waals surface area contributed by atoms with E-state index in [1.807, 2.05) is 0 Å². The van der Waals surface area contributed by atoms with Crippen LogP contribution >= 0.6 is 9.90 Å². The zero-order chi connectivity index (χ0) is 0. The molecule has 0 fully saturated rings. The summed E-state index contributed by atoms with van der Waals surface area (Å²) in [5.41, 5.74) is 0. The second-order valence-corrected chi connectivity index (χ2v) is 0. The molecule has 0 nitrogen and oxygen atoms in total. The third-order valence-electron chi connectivity index (χ3n) is 0. The Bertz CT molecular complexity index is 8.00. The van der Waals surface area contributed by atoms with E-state index in [1.165, 1.54) is 0 Å². The molecule has 0 aliphatic carbocycles. The molecule has 0 N–H and O–H groups in total. The summed E-state index contributed by atoms with van der Waals surface area (Å²) in [6.07, 6.45) is 0. The molecule has 1 unspecified atom stereocenters. The van der Waals surface area contributed by atoms with Crippen molar-refractivity contribution in [1.29, 1.82) is 0 Å². The van der Waals surface area contributed by atoms with Crippen molar-refractivity contribution in [2.24, 2.45) is 0 Å². The van der Waals surface area contributed by atoms with Crippen molar-refractivity contribution in [2.45, 2.75) is 0 Å². The van der Waals surface area contributed by atoms with Gasteiger partial charge in [0.15, 0.2) is 0 Å². The Morgan fingerprint density at radius 2 is 1.00 bits per heavy atom. The van der Waals surface area contributed by atoms with E-state index in [9.17, 15) is 0 Å². The average Bonchev–Trinajstić information content (AvgIpc) is 0. The average molecular weight is 140 g/mol. The molecule has 0 saturated carbocycles. The van der Waals surface area contributed by atoms with Gasteiger partial charge in [-0.2, -0.15) is 9.90 Å². The van der Waals surface area contributed by atoms with Gasteiger partial charge in [0.2, 0.25) is 0 Å². The fourth-order valence-corrected chi connectivity index (χ4v) is 0. The van der Waals surface area contributed by atoms with Gasteiger partial charge in [-0.3, -0.25) is 0 Å². The van der Waals surface area contributed by atoms with E-state index in [0.717, 1.165) is 0 Å². The second kappa shape index (κ2) is 17.2. The third-order valence-corrected chi connectivity index (χ3v) is 0. The molecular formula is H6FeMgNaP. The predicted molar refractivity (Wildman–Crippen MR) is 26.8 cm³/mol. The molecule has 0 spiro atoms. The van der Waals surface area contributed by atoms with Crippen molar-refractivity contribution in [1.82, 2.24) is 0 Å². The van der Waals surface area contributed by atoms with Crippen LogP contribution in [0.4, 0.5) is 0 Å². The molecule has 0 aromatic rings. The summed E-state index contributed by atoms with van der Waals surface area (Å²) in [5.74, 6) is 0. The fraction of sp³-hybridized carbons (Fsp3) is 0. The molecule has 0 aliphatic heterocycles. The van der Waals surface area contributed by atoms with E-state index in [-0.39, 0.29) is 79.6 Å². The molecule has 22 valence electrons. The minimum absolute atomic E-state index is 0.